The predicted molar refractivity (Wildman–Crippen MR) is 60.6 cm³/mol. The number of fused-ring (bicyclic) bond motifs is 1. The van der Waals surface area contributed by atoms with Crippen LogP contribution in [-0.4, -0.2) is 21.0 Å². The van der Waals surface area contributed by atoms with Crippen LogP contribution in [0.1, 0.15) is 18.5 Å². The Kier molecular flexibility index (Phi) is 2.75. The number of carboxylic acid groups (broad SMARTS) is 1. The molecule has 0 saturated carbocycles. The molecule has 2 rings (SSSR count). The van der Waals surface area contributed by atoms with E-state index in [1.54, 1.807) is 25.1 Å². The van der Waals surface area contributed by atoms with Crippen LogP contribution in [0.2, 0.25) is 5.02 Å². The van der Waals surface area contributed by atoms with Gasteiger partial charge in [0, 0.05) is 5.39 Å². The number of aromatic nitrogens is 2. The summed E-state index contributed by atoms with van der Waals surface area (Å²) in [5.41, 5.74) is 1.07. The standard InChI is InChI=1S/C11H9ClN2O2/c1-6(11(15)16)9-7-3-2-4-8(12)10(7)14-5-13-9/h2-6H,1H3,(H,15,16). The second-order valence-corrected chi connectivity index (χ2v) is 3.86. The Morgan fingerprint density at radius 2 is 2.19 bits per heavy atom. The van der Waals surface area contributed by atoms with Crippen LogP contribution < -0.4 is 0 Å². The number of nitrogens with zero attached hydrogens (tertiary/aromatic N) is 2. The van der Waals surface area contributed by atoms with Crippen molar-refractivity contribution >= 4 is 28.5 Å². The van der Waals surface area contributed by atoms with E-state index in [-0.39, 0.29) is 0 Å². The number of halogens is 1. The number of benzene rings is 1. The first-order chi connectivity index (χ1) is 7.61. The Bertz CT molecular complexity index is 557. The average molecular weight is 237 g/mol. The second kappa shape index (κ2) is 4.06. The number of hydrogen-bond donors (Lipinski definition) is 1. The summed E-state index contributed by atoms with van der Waals surface area (Å²) in [7, 11) is 0. The number of carbonyl (C=O) groups is 1. The van der Waals surface area contributed by atoms with Gasteiger partial charge in [0.2, 0.25) is 0 Å². The van der Waals surface area contributed by atoms with Crippen LogP contribution in [0.25, 0.3) is 10.9 Å². The summed E-state index contributed by atoms with van der Waals surface area (Å²) in [4.78, 5) is 19.0. The fourth-order valence-electron chi connectivity index (χ4n) is 1.53. The first kappa shape index (κ1) is 10.8. The molecule has 82 valence electrons. The molecule has 0 amide bonds. The first-order valence-electron chi connectivity index (χ1n) is 4.73. The Morgan fingerprint density at radius 3 is 2.88 bits per heavy atom. The van der Waals surface area contributed by atoms with Gasteiger partial charge in [-0.2, -0.15) is 0 Å². The predicted octanol–water partition coefficient (Wildman–Crippen LogP) is 2.47. The Labute approximate surface area is 96.9 Å². The van der Waals surface area contributed by atoms with Crippen LogP contribution in [0.4, 0.5) is 0 Å². The molecule has 1 heterocycles. The lowest BCUT2D eigenvalue weighted by atomic mass is 10.0. The monoisotopic (exact) mass is 236 g/mol. The number of aliphatic carboxylic acids is 1. The lowest BCUT2D eigenvalue weighted by Crippen LogP contribution is -2.10. The molecule has 4 nitrogen and oxygen atoms in total. The van der Waals surface area contributed by atoms with Gasteiger partial charge in [0.25, 0.3) is 0 Å². The van der Waals surface area contributed by atoms with Crippen molar-refractivity contribution in [3.8, 4) is 0 Å². The fraction of sp³-hybridized carbons (Fsp3) is 0.182. The molecule has 0 spiro atoms. The third kappa shape index (κ3) is 1.72. The molecule has 2 aromatic rings. The van der Waals surface area contributed by atoms with Gasteiger partial charge in [-0.15, -0.1) is 0 Å². The third-order valence-corrected chi connectivity index (χ3v) is 2.73. The van der Waals surface area contributed by atoms with Crippen LogP contribution in [0, 0.1) is 0 Å². The van der Waals surface area contributed by atoms with Crippen molar-refractivity contribution in [2.45, 2.75) is 12.8 Å². The Hall–Kier alpha value is -1.68. The lowest BCUT2D eigenvalue weighted by Gasteiger charge is -2.08. The van der Waals surface area contributed by atoms with Gasteiger partial charge in [-0.1, -0.05) is 23.7 Å². The number of para-hydroxylation sites is 1. The highest BCUT2D eigenvalue weighted by Crippen LogP contribution is 2.26. The van der Waals surface area contributed by atoms with Gasteiger partial charge in [-0.25, -0.2) is 9.97 Å². The molecule has 5 heteroatoms. The van der Waals surface area contributed by atoms with Gasteiger partial charge in [-0.05, 0) is 13.0 Å². The van der Waals surface area contributed by atoms with E-state index in [0.717, 1.165) is 0 Å². The molecular weight excluding hydrogens is 228 g/mol. The van der Waals surface area contributed by atoms with Crippen LogP contribution in [0.5, 0.6) is 0 Å². The summed E-state index contributed by atoms with van der Waals surface area (Å²) < 4.78 is 0. The molecule has 0 saturated heterocycles. The molecule has 0 aliphatic heterocycles. The summed E-state index contributed by atoms with van der Waals surface area (Å²) in [6, 6.07) is 5.24. The molecule has 0 bridgehead atoms. The molecule has 0 radical (unpaired) electrons. The molecule has 0 aliphatic rings. The molecule has 0 aliphatic carbocycles. The number of hydrogen-bond acceptors (Lipinski definition) is 3. The van der Waals surface area contributed by atoms with Gasteiger partial charge >= 0.3 is 5.97 Å². The van der Waals surface area contributed by atoms with Crippen molar-refractivity contribution in [2.75, 3.05) is 0 Å². The molecule has 1 N–H and O–H groups in total. The zero-order chi connectivity index (χ0) is 11.7. The summed E-state index contributed by atoms with van der Waals surface area (Å²) in [5, 5.41) is 10.2. The van der Waals surface area contributed by atoms with Crippen LogP contribution >= 0.6 is 11.6 Å². The van der Waals surface area contributed by atoms with Crippen molar-refractivity contribution in [3.05, 3.63) is 35.2 Å². The van der Waals surface area contributed by atoms with Gasteiger partial charge in [-0.3, -0.25) is 4.79 Å². The highest BCUT2D eigenvalue weighted by atomic mass is 35.5. The van der Waals surface area contributed by atoms with Crippen molar-refractivity contribution in [1.29, 1.82) is 0 Å². The molecule has 1 aromatic carbocycles. The van der Waals surface area contributed by atoms with E-state index in [0.29, 0.717) is 21.6 Å². The van der Waals surface area contributed by atoms with E-state index in [1.165, 1.54) is 6.33 Å². The zero-order valence-corrected chi connectivity index (χ0v) is 9.27. The van der Waals surface area contributed by atoms with Crippen molar-refractivity contribution < 1.29 is 9.90 Å². The van der Waals surface area contributed by atoms with Gasteiger partial charge in [0.05, 0.1) is 22.2 Å². The molecule has 1 unspecified atom stereocenters. The molecule has 0 fully saturated rings. The minimum Gasteiger partial charge on any atom is -0.481 e. The summed E-state index contributed by atoms with van der Waals surface area (Å²) in [5.74, 6) is -1.59. The number of carboxylic acids is 1. The maximum Gasteiger partial charge on any atom is 0.312 e. The van der Waals surface area contributed by atoms with E-state index in [4.69, 9.17) is 16.7 Å². The first-order valence-corrected chi connectivity index (χ1v) is 5.11. The van der Waals surface area contributed by atoms with Crippen LogP contribution in [0.3, 0.4) is 0 Å². The largest absolute Gasteiger partial charge is 0.481 e. The average Bonchev–Trinajstić information content (AvgIpc) is 2.28. The summed E-state index contributed by atoms with van der Waals surface area (Å²) in [6.45, 7) is 1.59. The third-order valence-electron chi connectivity index (χ3n) is 2.43. The highest BCUT2D eigenvalue weighted by molar-refractivity contribution is 6.35. The van der Waals surface area contributed by atoms with Crippen LogP contribution in [0.15, 0.2) is 24.5 Å². The van der Waals surface area contributed by atoms with Crippen molar-refractivity contribution in [3.63, 3.8) is 0 Å². The normalized spacial score (nSPS) is 12.6. The minimum atomic E-state index is -0.917. The molecule has 16 heavy (non-hydrogen) atoms. The topological polar surface area (TPSA) is 63.1 Å². The van der Waals surface area contributed by atoms with E-state index in [1.807, 2.05) is 0 Å². The van der Waals surface area contributed by atoms with Gasteiger partial charge in [0.1, 0.15) is 6.33 Å². The lowest BCUT2D eigenvalue weighted by molar-refractivity contribution is -0.138. The maximum atomic E-state index is 10.9. The second-order valence-electron chi connectivity index (χ2n) is 3.45. The zero-order valence-electron chi connectivity index (χ0n) is 8.51. The minimum absolute atomic E-state index is 0.486. The quantitative estimate of drug-likeness (QED) is 0.870. The van der Waals surface area contributed by atoms with E-state index in [2.05, 4.69) is 9.97 Å². The maximum absolute atomic E-state index is 10.9. The Balaban J connectivity index is 2.72. The summed E-state index contributed by atoms with van der Waals surface area (Å²) >= 11 is 5.98. The highest BCUT2D eigenvalue weighted by Gasteiger charge is 2.18. The molecule has 1 aromatic heterocycles. The van der Waals surface area contributed by atoms with Crippen molar-refractivity contribution in [1.82, 2.24) is 9.97 Å². The van der Waals surface area contributed by atoms with E-state index >= 15 is 0 Å². The van der Waals surface area contributed by atoms with E-state index in [9.17, 15) is 4.79 Å². The molecule has 1 atom stereocenters. The SMILES string of the molecule is CC(C(=O)O)c1ncnc2c(Cl)cccc12. The smallest absolute Gasteiger partial charge is 0.312 e. The number of rotatable bonds is 2. The van der Waals surface area contributed by atoms with E-state index < -0.39 is 11.9 Å². The van der Waals surface area contributed by atoms with Gasteiger partial charge in [0.15, 0.2) is 0 Å². The Morgan fingerprint density at radius 1 is 1.44 bits per heavy atom. The van der Waals surface area contributed by atoms with Crippen LogP contribution in [-0.2, 0) is 4.79 Å². The van der Waals surface area contributed by atoms with Crippen molar-refractivity contribution in [2.24, 2.45) is 0 Å². The molecular formula is C11H9ClN2O2. The fourth-order valence-corrected chi connectivity index (χ4v) is 1.76. The van der Waals surface area contributed by atoms with Gasteiger partial charge < -0.3 is 5.11 Å². The summed E-state index contributed by atoms with van der Waals surface area (Å²) in [6.07, 6.45) is 1.34.